The number of nitrogens with zero attached hydrogens (tertiary/aromatic N) is 4. The second-order valence-corrected chi connectivity index (χ2v) is 6.52. The molecule has 0 spiro atoms. The van der Waals surface area contributed by atoms with E-state index >= 15 is 0 Å². The van der Waals surface area contributed by atoms with Gasteiger partial charge in [0, 0.05) is 17.7 Å². The third-order valence-electron chi connectivity index (χ3n) is 3.91. The van der Waals surface area contributed by atoms with Crippen molar-refractivity contribution >= 4 is 34.5 Å². The molecule has 0 aromatic carbocycles. The van der Waals surface area contributed by atoms with Gasteiger partial charge < -0.3 is 5.32 Å². The predicted octanol–water partition coefficient (Wildman–Crippen LogP) is 4.75. The van der Waals surface area contributed by atoms with Crippen LogP contribution in [0.25, 0.3) is 5.52 Å². The molecular formula is C16H13Cl2F4N5. The Hall–Kier alpha value is -2.13. The van der Waals surface area contributed by atoms with Crippen LogP contribution in [0.3, 0.4) is 0 Å². The van der Waals surface area contributed by atoms with Gasteiger partial charge in [0.2, 0.25) is 5.28 Å². The van der Waals surface area contributed by atoms with Crippen LogP contribution in [0.2, 0.25) is 10.4 Å². The Labute approximate surface area is 161 Å². The molecule has 0 fully saturated rings. The molecule has 5 nitrogen and oxygen atoms in total. The Balaban J connectivity index is 2.01. The molecular weight excluding hydrogens is 409 g/mol. The van der Waals surface area contributed by atoms with Crippen LogP contribution in [-0.2, 0) is 13.0 Å². The molecule has 0 saturated carbocycles. The second-order valence-electron chi connectivity index (χ2n) is 5.83. The van der Waals surface area contributed by atoms with Gasteiger partial charge in [-0.2, -0.15) is 4.98 Å². The molecule has 0 bridgehead atoms. The Morgan fingerprint density at radius 2 is 1.81 bits per heavy atom. The average molecular weight is 422 g/mol. The van der Waals surface area contributed by atoms with Crippen molar-refractivity contribution in [1.82, 2.24) is 19.6 Å². The summed E-state index contributed by atoms with van der Waals surface area (Å²) >= 11 is 12.0. The Bertz CT molecular complexity index is 973. The molecule has 11 heteroatoms. The lowest BCUT2D eigenvalue weighted by Crippen LogP contribution is -2.09. The number of pyridine rings is 1. The van der Waals surface area contributed by atoms with Crippen LogP contribution in [0.5, 0.6) is 0 Å². The number of hydrogen-bond acceptors (Lipinski definition) is 4. The second kappa shape index (κ2) is 7.85. The van der Waals surface area contributed by atoms with Gasteiger partial charge in [0.05, 0.1) is 18.6 Å². The van der Waals surface area contributed by atoms with Crippen molar-refractivity contribution in [3.8, 4) is 0 Å². The molecule has 3 heterocycles. The summed E-state index contributed by atoms with van der Waals surface area (Å²) in [6, 6.07) is 0. The Morgan fingerprint density at radius 1 is 1.15 bits per heavy atom. The van der Waals surface area contributed by atoms with Crippen molar-refractivity contribution in [3.63, 3.8) is 0 Å². The van der Waals surface area contributed by atoms with E-state index in [1.165, 1.54) is 6.92 Å². The number of hydrogen-bond donors (Lipinski definition) is 1. The largest absolute Gasteiger partial charge is 0.364 e. The Kier molecular flexibility index (Phi) is 5.71. The van der Waals surface area contributed by atoms with Gasteiger partial charge in [0.15, 0.2) is 11.6 Å². The third-order valence-corrected chi connectivity index (χ3v) is 4.46. The highest BCUT2D eigenvalue weighted by atomic mass is 35.5. The minimum absolute atomic E-state index is 0.0381. The smallest absolute Gasteiger partial charge is 0.243 e. The summed E-state index contributed by atoms with van der Waals surface area (Å²) in [5.41, 5.74) is -0.398. The molecule has 1 atom stereocenters. The van der Waals surface area contributed by atoms with E-state index in [0.29, 0.717) is 0 Å². The van der Waals surface area contributed by atoms with E-state index in [-0.39, 0.29) is 52.3 Å². The van der Waals surface area contributed by atoms with Crippen molar-refractivity contribution in [1.29, 1.82) is 0 Å². The van der Waals surface area contributed by atoms with Gasteiger partial charge in [-0.15, -0.1) is 5.10 Å². The average Bonchev–Trinajstić information content (AvgIpc) is 2.83. The number of alkyl halides is 1. The molecule has 27 heavy (non-hydrogen) atoms. The highest BCUT2D eigenvalue weighted by Gasteiger charge is 2.23. The topological polar surface area (TPSA) is 55.1 Å². The zero-order valence-electron chi connectivity index (χ0n) is 13.9. The van der Waals surface area contributed by atoms with Crippen LogP contribution >= 0.6 is 23.2 Å². The molecule has 0 radical (unpaired) electrons. The highest BCUT2D eigenvalue weighted by Crippen LogP contribution is 2.32. The third kappa shape index (κ3) is 3.93. The van der Waals surface area contributed by atoms with Crippen LogP contribution in [0.1, 0.15) is 24.5 Å². The number of rotatable bonds is 6. The number of anilines is 1. The molecule has 0 aliphatic carbocycles. The number of aromatic nitrogens is 4. The monoisotopic (exact) mass is 421 g/mol. The fraction of sp³-hybridized carbons (Fsp3) is 0.312. The maximum atomic E-state index is 14.9. The van der Waals surface area contributed by atoms with Gasteiger partial charge in [0.25, 0.3) is 0 Å². The maximum absolute atomic E-state index is 14.9. The summed E-state index contributed by atoms with van der Waals surface area (Å²) in [6.45, 7) is 1.01. The van der Waals surface area contributed by atoms with Gasteiger partial charge in [-0.25, -0.2) is 22.1 Å². The van der Waals surface area contributed by atoms with Crippen molar-refractivity contribution in [3.05, 3.63) is 51.4 Å². The lowest BCUT2D eigenvalue weighted by molar-refractivity contribution is 0.340. The molecule has 0 saturated heterocycles. The zero-order valence-corrected chi connectivity index (χ0v) is 15.4. The van der Waals surface area contributed by atoms with E-state index in [0.717, 1.165) is 16.9 Å². The van der Waals surface area contributed by atoms with E-state index in [9.17, 15) is 17.6 Å². The number of fused-ring (bicyclic) bond motifs is 1. The first kappa shape index (κ1) is 19.6. The van der Waals surface area contributed by atoms with Crippen LogP contribution in [0.15, 0.2) is 12.4 Å². The van der Waals surface area contributed by atoms with Crippen molar-refractivity contribution in [2.24, 2.45) is 0 Å². The molecule has 0 aliphatic rings. The molecule has 3 aromatic rings. The van der Waals surface area contributed by atoms with E-state index in [1.54, 1.807) is 0 Å². The van der Waals surface area contributed by atoms with Gasteiger partial charge in [0.1, 0.15) is 22.3 Å². The SMILES string of the molecule is CC(F)CCc1c(F)c2c(NCc3c(F)cncc3F)nc(Cl)nn2c1Cl. The van der Waals surface area contributed by atoms with Crippen molar-refractivity contribution in [2.75, 3.05) is 5.32 Å². The molecule has 3 aromatic heterocycles. The minimum Gasteiger partial charge on any atom is -0.364 e. The highest BCUT2D eigenvalue weighted by molar-refractivity contribution is 6.31. The first-order valence-electron chi connectivity index (χ1n) is 7.87. The van der Waals surface area contributed by atoms with Gasteiger partial charge in [-0.05, 0) is 31.4 Å². The summed E-state index contributed by atoms with van der Waals surface area (Å²) in [5.74, 6) is -2.60. The first-order valence-corrected chi connectivity index (χ1v) is 8.63. The van der Waals surface area contributed by atoms with Gasteiger partial charge in [-0.1, -0.05) is 11.6 Å². The van der Waals surface area contributed by atoms with Gasteiger partial charge in [-0.3, -0.25) is 4.98 Å². The summed E-state index contributed by atoms with van der Waals surface area (Å²) in [6.07, 6.45) is 0.663. The van der Waals surface area contributed by atoms with Crippen LogP contribution in [0, 0.1) is 17.5 Å². The van der Waals surface area contributed by atoms with E-state index in [1.807, 2.05) is 0 Å². The molecule has 3 rings (SSSR count). The maximum Gasteiger partial charge on any atom is 0.243 e. The fourth-order valence-electron chi connectivity index (χ4n) is 2.56. The van der Waals surface area contributed by atoms with E-state index in [2.05, 4.69) is 20.4 Å². The molecule has 1 unspecified atom stereocenters. The van der Waals surface area contributed by atoms with Crippen LogP contribution in [-0.4, -0.2) is 25.8 Å². The first-order chi connectivity index (χ1) is 12.8. The van der Waals surface area contributed by atoms with Crippen molar-refractivity contribution < 1.29 is 17.6 Å². The quantitative estimate of drug-likeness (QED) is 0.583. The number of halogens is 6. The lowest BCUT2D eigenvalue weighted by atomic mass is 10.1. The molecule has 144 valence electrons. The summed E-state index contributed by atoms with van der Waals surface area (Å²) in [4.78, 5) is 7.27. The summed E-state index contributed by atoms with van der Waals surface area (Å²) in [5, 5.41) is 6.14. The lowest BCUT2D eigenvalue weighted by Gasteiger charge is -2.09. The van der Waals surface area contributed by atoms with Crippen molar-refractivity contribution in [2.45, 2.75) is 32.5 Å². The van der Waals surface area contributed by atoms with Crippen LogP contribution in [0.4, 0.5) is 23.4 Å². The van der Waals surface area contributed by atoms with Crippen LogP contribution < -0.4 is 5.32 Å². The zero-order chi connectivity index (χ0) is 19.7. The molecule has 0 amide bonds. The predicted molar refractivity (Wildman–Crippen MR) is 93.3 cm³/mol. The normalized spacial score (nSPS) is 12.6. The summed E-state index contributed by atoms with van der Waals surface area (Å²) in [7, 11) is 0. The minimum atomic E-state index is -1.15. The molecule has 0 aliphatic heterocycles. The fourth-order valence-corrected chi connectivity index (χ4v) is 3.02. The van der Waals surface area contributed by atoms with E-state index in [4.69, 9.17) is 23.2 Å². The standard InChI is InChI=1S/C16H13Cl2F4N5/c1-7(19)2-3-8-12(22)13-15(25-16(18)26-27(13)14(8)17)24-4-9-10(20)5-23-6-11(9)21/h5-7H,2-4H2,1H3,(H,24,25,26). The van der Waals surface area contributed by atoms with E-state index < -0.39 is 23.6 Å². The summed E-state index contributed by atoms with van der Waals surface area (Å²) < 4.78 is 56.5. The molecule has 1 N–H and O–H groups in total. The Morgan fingerprint density at radius 3 is 2.44 bits per heavy atom. The van der Waals surface area contributed by atoms with Gasteiger partial charge >= 0.3 is 0 Å². The number of nitrogens with one attached hydrogen (secondary N) is 1.